The van der Waals surface area contributed by atoms with Gasteiger partial charge in [-0.1, -0.05) is 35.9 Å². The molecule has 3 aromatic rings. The summed E-state index contributed by atoms with van der Waals surface area (Å²) < 4.78 is 30.6. The van der Waals surface area contributed by atoms with E-state index < -0.39 is 9.84 Å². The topological polar surface area (TPSA) is 72.5 Å². The van der Waals surface area contributed by atoms with Crippen molar-refractivity contribution in [3.8, 4) is 5.75 Å². The molecule has 5 nitrogen and oxygen atoms in total. The number of sulfone groups is 1. The van der Waals surface area contributed by atoms with Crippen molar-refractivity contribution in [1.29, 1.82) is 0 Å². The van der Waals surface area contributed by atoms with E-state index >= 15 is 0 Å². The zero-order valence-electron chi connectivity index (χ0n) is 15.7. The van der Waals surface area contributed by atoms with E-state index in [1.54, 1.807) is 55.6 Å². The molecule has 0 atom stereocenters. The van der Waals surface area contributed by atoms with Gasteiger partial charge in [0, 0.05) is 11.3 Å². The van der Waals surface area contributed by atoms with Gasteiger partial charge in [0.05, 0.1) is 17.8 Å². The fourth-order valence-electron chi connectivity index (χ4n) is 2.70. The third-order valence-electron chi connectivity index (χ3n) is 4.28. The standard InChI is InChI=1S/C22H21NO4S/c1-16-6-10-19(11-7-16)23-22(24)18-4-3-5-21(14-18)28(25,26)15-17-8-12-20(27-2)13-9-17/h3-14H,15H2,1-2H3,(H,23,24). The van der Waals surface area contributed by atoms with Crippen LogP contribution < -0.4 is 10.1 Å². The second-order valence-electron chi connectivity index (χ2n) is 6.46. The molecule has 0 aromatic heterocycles. The monoisotopic (exact) mass is 395 g/mol. The zero-order chi connectivity index (χ0) is 20.1. The number of rotatable bonds is 6. The Hall–Kier alpha value is -3.12. The van der Waals surface area contributed by atoms with Gasteiger partial charge in [0.25, 0.3) is 5.91 Å². The summed E-state index contributed by atoms with van der Waals surface area (Å²) >= 11 is 0. The van der Waals surface area contributed by atoms with Gasteiger partial charge in [0.2, 0.25) is 0 Å². The Labute approximate surface area is 164 Å². The SMILES string of the molecule is COc1ccc(CS(=O)(=O)c2cccc(C(=O)Nc3ccc(C)cc3)c2)cc1. The second kappa shape index (κ2) is 8.27. The van der Waals surface area contributed by atoms with E-state index in [1.807, 2.05) is 19.1 Å². The van der Waals surface area contributed by atoms with Crippen LogP contribution >= 0.6 is 0 Å². The number of hydrogen-bond acceptors (Lipinski definition) is 4. The number of nitrogens with one attached hydrogen (secondary N) is 1. The highest BCUT2D eigenvalue weighted by Crippen LogP contribution is 2.20. The van der Waals surface area contributed by atoms with E-state index in [2.05, 4.69) is 5.32 Å². The maximum absolute atomic E-state index is 12.8. The molecule has 6 heteroatoms. The summed E-state index contributed by atoms with van der Waals surface area (Å²) in [6.07, 6.45) is 0. The number of benzene rings is 3. The molecule has 0 saturated heterocycles. The highest BCUT2D eigenvalue weighted by Gasteiger charge is 2.17. The highest BCUT2D eigenvalue weighted by molar-refractivity contribution is 7.90. The van der Waals surface area contributed by atoms with Gasteiger partial charge in [-0.15, -0.1) is 0 Å². The van der Waals surface area contributed by atoms with Crippen molar-refractivity contribution in [1.82, 2.24) is 0 Å². The molecule has 0 radical (unpaired) electrons. The minimum atomic E-state index is -3.59. The molecule has 0 fully saturated rings. The molecule has 0 spiro atoms. The summed E-state index contributed by atoms with van der Waals surface area (Å²) in [5.74, 6) is 0.154. The van der Waals surface area contributed by atoms with Crippen molar-refractivity contribution >= 4 is 21.4 Å². The fourth-order valence-corrected chi connectivity index (χ4v) is 4.09. The molecule has 28 heavy (non-hydrogen) atoms. The number of anilines is 1. The molecule has 0 aliphatic rings. The first-order chi connectivity index (χ1) is 13.4. The molecule has 0 bridgehead atoms. The number of amides is 1. The van der Waals surface area contributed by atoms with Crippen LogP contribution in [0.2, 0.25) is 0 Å². The molecule has 144 valence electrons. The van der Waals surface area contributed by atoms with Gasteiger partial charge in [0.15, 0.2) is 9.84 Å². The first kappa shape index (κ1) is 19.6. The summed E-state index contributed by atoms with van der Waals surface area (Å²) in [7, 11) is -2.03. The lowest BCUT2D eigenvalue weighted by atomic mass is 10.2. The van der Waals surface area contributed by atoms with Crippen LogP contribution in [0, 0.1) is 6.92 Å². The lowest BCUT2D eigenvalue weighted by Gasteiger charge is -2.09. The van der Waals surface area contributed by atoms with Crippen molar-refractivity contribution in [2.24, 2.45) is 0 Å². The molecular formula is C22H21NO4S. The minimum Gasteiger partial charge on any atom is -0.497 e. The van der Waals surface area contributed by atoms with Crippen LogP contribution in [0.3, 0.4) is 0 Å². The molecular weight excluding hydrogens is 374 g/mol. The Morgan fingerprint density at radius 2 is 1.64 bits per heavy atom. The molecule has 0 aliphatic heterocycles. The average Bonchev–Trinajstić information content (AvgIpc) is 2.70. The summed E-state index contributed by atoms with van der Waals surface area (Å²) in [6, 6.07) is 20.3. The van der Waals surface area contributed by atoms with Crippen LogP contribution in [0.15, 0.2) is 77.7 Å². The van der Waals surface area contributed by atoms with Crippen molar-refractivity contribution in [3.05, 3.63) is 89.5 Å². The molecule has 3 rings (SSSR count). The normalized spacial score (nSPS) is 11.1. The van der Waals surface area contributed by atoms with Crippen LogP contribution in [0.1, 0.15) is 21.5 Å². The molecule has 3 aromatic carbocycles. The van der Waals surface area contributed by atoms with Gasteiger partial charge < -0.3 is 10.1 Å². The minimum absolute atomic E-state index is 0.111. The first-order valence-electron chi connectivity index (χ1n) is 8.71. The van der Waals surface area contributed by atoms with Gasteiger partial charge in [0.1, 0.15) is 5.75 Å². The zero-order valence-corrected chi connectivity index (χ0v) is 16.5. The number of aryl methyl sites for hydroxylation is 1. The van der Waals surface area contributed by atoms with E-state index in [4.69, 9.17) is 4.74 Å². The average molecular weight is 395 g/mol. The van der Waals surface area contributed by atoms with Crippen LogP contribution in [0.5, 0.6) is 5.75 Å². The Morgan fingerprint density at radius 1 is 0.964 bits per heavy atom. The van der Waals surface area contributed by atoms with Crippen molar-refractivity contribution in [3.63, 3.8) is 0 Å². The third-order valence-corrected chi connectivity index (χ3v) is 5.97. The summed E-state index contributed by atoms with van der Waals surface area (Å²) in [6.45, 7) is 1.96. The maximum Gasteiger partial charge on any atom is 0.255 e. The number of ether oxygens (including phenoxy) is 1. The maximum atomic E-state index is 12.8. The second-order valence-corrected chi connectivity index (χ2v) is 8.44. The summed E-state index contributed by atoms with van der Waals surface area (Å²) in [5.41, 5.74) is 2.68. The first-order valence-corrected chi connectivity index (χ1v) is 10.4. The molecule has 0 heterocycles. The Bertz CT molecular complexity index is 1070. The largest absolute Gasteiger partial charge is 0.497 e. The fraction of sp³-hybridized carbons (Fsp3) is 0.136. The van der Waals surface area contributed by atoms with E-state index in [0.717, 1.165) is 5.56 Å². The van der Waals surface area contributed by atoms with Gasteiger partial charge in [-0.25, -0.2) is 8.42 Å². The van der Waals surface area contributed by atoms with E-state index in [-0.39, 0.29) is 22.1 Å². The van der Waals surface area contributed by atoms with Crippen LogP contribution in [-0.2, 0) is 15.6 Å². The van der Waals surface area contributed by atoms with Crippen LogP contribution in [0.25, 0.3) is 0 Å². The van der Waals surface area contributed by atoms with E-state index in [1.165, 1.54) is 12.1 Å². The predicted molar refractivity (Wildman–Crippen MR) is 109 cm³/mol. The number of hydrogen-bond donors (Lipinski definition) is 1. The van der Waals surface area contributed by atoms with E-state index in [0.29, 0.717) is 17.0 Å². The third kappa shape index (κ3) is 4.78. The van der Waals surface area contributed by atoms with Gasteiger partial charge in [-0.2, -0.15) is 0 Å². The van der Waals surface area contributed by atoms with Crippen molar-refractivity contribution in [2.75, 3.05) is 12.4 Å². The Balaban J connectivity index is 1.78. The van der Waals surface area contributed by atoms with Crippen molar-refractivity contribution < 1.29 is 17.9 Å². The quantitative estimate of drug-likeness (QED) is 0.678. The van der Waals surface area contributed by atoms with Gasteiger partial charge in [-0.3, -0.25) is 4.79 Å². The lowest BCUT2D eigenvalue weighted by Crippen LogP contribution is -2.13. The molecule has 0 aliphatic carbocycles. The van der Waals surface area contributed by atoms with E-state index in [9.17, 15) is 13.2 Å². The molecule has 0 saturated carbocycles. The Morgan fingerprint density at radius 3 is 2.29 bits per heavy atom. The smallest absolute Gasteiger partial charge is 0.255 e. The molecule has 1 N–H and O–H groups in total. The number of carbonyl (C=O) groups is 1. The summed E-state index contributed by atoms with van der Waals surface area (Å²) in [4.78, 5) is 12.6. The predicted octanol–water partition coefficient (Wildman–Crippen LogP) is 4.23. The Kier molecular flexibility index (Phi) is 5.80. The number of carbonyl (C=O) groups excluding carboxylic acids is 1. The summed E-state index contributed by atoms with van der Waals surface area (Å²) in [5, 5.41) is 2.78. The van der Waals surface area contributed by atoms with Gasteiger partial charge in [-0.05, 0) is 55.0 Å². The van der Waals surface area contributed by atoms with Crippen LogP contribution in [-0.4, -0.2) is 21.4 Å². The van der Waals surface area contributed by atoms with Crippen LogP contribution in [0.4, 0.5) is 5.69 Å². The molecule has 0 unspecified atom stereocenters. The van der Waals surface area contributed by atoms with Gasteiger partial charge >= 0.3 is 0 Å². The number of methoxy groups -OCH3 is 1. The van der Waals surface area contributed by atoms with Crippen molar-refractivity contribution in [2.45, 2.75) is 17.6 Å². The molecule has 1 amide bonds. The lowest BCUT2D eigenvalue weighted by molar-refractivity contribution is 0.102. The highest BCUT2D eigenvalue weighted by atomic mass is 32.2.